The Bertz CT molecular complexity index is 617. The molecule has 1 atom stereocenters. The van der Waals surface area contributed by atoms with E-state index >= 15 is 0 Å². The zero-order valence-electron chi connectivity index (χ0n) is 12.1. The zero-order valence-corrected chi connectivity index (χ0v) is 13.7. The van der Waals surface area contributed by atoms with Gasteiger partial charge in [0, 0.05) is 24.1 Å². The number of fused-ring (bicyclic) bond motifs is 1. The maximum Gasteiger partial charge on any atom is 0.296 e. The van der Waals surface area contributed by atoms with Gasteiger partial charge in [-0.1, -0.05) is 0 Å². The Morgan fingerprint density at radius 2 is 2.14 bits per heavy atom. The minimum Gasteiger partial charge on any atom is -0.369 e. The third kappa shape index (κ3) is 2.58. The van der Waals surface area contributed by atoms with Crippen molar-refractivity contribution < 1.29 is 9.59 Å². The van der Waals surface area contributed by atoms with Crippen molar-refractivity contribution in [3.8, 4) is 0 Å². The molecule has 2 aliphatic heterocycles. The van der Waals surface area contributed by atoms with Crippen LogP contribution < -0.4 is 10.2 Å². The molecule has 0 aliphatic carbocycles. The molecule has 1 saturated heterocycles. The number of ketones is 1. The summed E-state index contributed by atoms with van der Waals surface area (Å²) in [6.45, 7) is 2.16. The van der Waals surface area contributed by atoms with Crippen molar-refractivity contribution in [1.82, 2.24) is 4.90 Å². The van der Waals surface area contributed by atoms with E-state index in [1.165, 1.54) is 6.42 Å². The van der Waals surface area contributed by atoms with Gasteiger partial charge in [-0.15, -0.1) is 0 Å². The third-order valence-corrected chi connectivity index (χ3v) is 4.95. The van der Waals surface area contributed by atoms with Gasteiger partial charge in [-0.3, -0.25) is 9.59 Å². The standard InChI is InChI=1S/C15H18BrN3O2/c1-18-5-3-4-9(8-18)19(2)13-7-12-10(6-11(13)16)14(20)15(21)17-12/h6-7,9H,3-5,8H2,1-2H3,(H,17,20,21). The highest BCUT2D eigenvalue weighted by Gasteiger charge is 2.30. The molecule has 1 amide bonds. The molecule has 0 saturated carbocycles. The second kappa shape index (κ2) is 5.42. The molecule has 5 nitrogen and oxygen atoms in total. The minimum absolute atomic E-state index is 0.436. The van der Waals surface area contributed by atoms with E-state index in [4.69, 9.17) is 0 Å². The molecule has 3 rings (SSSR count). The summed E-state index contributed by atoms with van der Waals surface area (Å²) in [4.78, 5) is 27.8. The Morgan fingerprint density at radius 1 is 1.38 bits per heavy atom. The van der Waals surface area contributed by atoms with Gasteiger partial charge in [0.25, 0.3) is 11.7 Å². The second-order valence-electron chi connectivity index (χ2n) is 5.80. The van der Waals surface area contributed by atoms with Gasteiger partial charge < -0.3 is 15.1 Å². The lowest BCUT2D eigenvalue weighted by atomic mass is 10.0. The second-order valence-corrected chi connectivity index (χ2v) is 6.66. The number of carbonyl (C=O) groups excluding carboxylic acids is 2. The van der Waals surface area contributed by atoms with E-state index < -0.39 is 11.7 Å². The molecule has 0 bridgehead atoms. The zero-order chi connectivity index (χ0) is 15.1. The van der Waals surface area contributed by atoms with Crippen molar-refractivity contribution in [3.63, 3.8) is 0 Å². The first kappa shape index (κ1) is 14.5. The smallest absolute Gasteiger partial charge is 0.296 e. The van der Waals surface area contributed by atoms with Crippen LogP contribution in [0.15, 0.2) is 16.6 Å². The lowest BCUT2D eigenvalue weighted by Gasteiger charge is -2.37. The van der Waals surface area contributed by atoms with Gasteiger partial charge in [-0.05, 0) is 54.5 Å². The number of piperidine rings is 1. The molecule has 0 radical (unpaired) electrons. The van der Waals surface area contributed by atoms with Crippen LogP contribution in [0, 0.1) is 0 Å². The lowest BCUT2D eigenvalue weighted by molar-refractivity contribution is -0.112. The number of anilines is 2. The maximum absolute atomic E-state index is 11.7. The summed E-state index contributed by atoms with van der Waals surface area (Å²) in [6.07, 6.45) is 2.33. The number of carbonyl (C=O) groups is 2. The molecule has 1 fully saturated rings. The highest BCUT2D eigenvalue weighted by atomic mass is 79.9. The summed E-state index contributed by atoms with van der Waals surface area (Å²) in [5, 5.41) is 2.63. The van der Waals surface area contributed by atoms with E-state index in [2.05, 4.69) is 45.1 Å². The fourth-order valence-corrected chi connectivity index (χ4v) is 3.70. The van der Waals surface area contributed by atoms with Crippen LogP contribution in [0.25, 0.3) is 0 Å². The van der Waals surface area contributed by atoms with Gasteiger partial charge in [0.2, 0.25) is 0 Å². The van der Waals surface area contributed by atoms with Crippen LogP contribution in [-0.4, -0.2) is 49.8 Å². The van der Waals surface area contributed by atoms with E-state index in [0.717, 1.165) is 29.7 Å². The topological polar surface area (TPSA) is 52.7 Å². The summed E-state index contributed by atoms with van der Waals surface area (Å²) < 4.78 is 0.849. The number of amides is 1. The molecule has 1 aromatic rings. The number of nitrogens with zero attached hydrogens (tertiary/aromatic N) is 2. The van der Waals surface area contributed by atoms with Crippen LogP contribution >= 0.6 is 15.9 Å². The first-order chi connectivity index (χ1) is 9.97. The average Bonchev–Trinajstić information content (AvgIpc) is 2.73. The maximum atomic E-state index is 11.7. The predicted octanol–water partition coefficient (Wildman–Crippen LogP) is 2.11. The first-order valence-corrected chi connectivity index (χ1v) is 7.87. The van der Waals surface area contributed by atoms with Crippen LogP contribution in [0.2, 0.25) is 0 Å². The van der Waals surface area contributed by atoms with Gasteiger partial charge in [0.15, 0.2) is 0 Å². The quantitative estimate of drug-likeness (QED) is 0.829. The van der Waals surface area contributed by atoms with Gasteiger partial charge >= 0.3 is 0 Å². The monoisotopic (exact) mass is 351 g/mol. The molecule has 6 heteroatoms. The number of rotatable bonds is 2. The third-order valence-electron chi connectivity index (χ3n) is 4.31. The largest absolute Gasteiger partial charge is 0.369 e. The Morgan fingerprint density at radius 3 is 2.86 bits per heavy atom. The highest BCUT2D eigenvalue weighted by Crippen LogP contribution is 2.36. The fraction of sp³-hybridized carbons (Fsp3) is 0.467. The van der Waals surface area contributed by atoms with Crippen molar-refractivity contribution in [3.05, 3.63) is 22.2 Å². The van der Waals surface area contributed by atoms with E-state index in [1.807, 2.05) is 6.07 Å². The Labute approximate surface area is 132 Å². The summed E-state index contributed by atoms with van der Waals surface area (Å²) >= 11 is 3.53. The Hall–Kier alpha value is -1.40. The molecule has 21 heavy (non-hydrogen) atoms. The lowest BCUT2D eigenvalue weighted by Crippen LogP contribution is -2.45. The van der Waals surface area contributed by atoms with Crippen molar-refractivity contribution in [2.45, 2.75) is 18.9 Å². The van der Waals surface area contributed by atoms with Crippen molar-refractivity contribution in [2.75, 3.05) is 37.4 Å². The van der Waals surface area contributed by atoms with Crippen LogP contribution in [0.5, 0.6) is 0 Å². The molecule has 2 aliphatic rings. The number of likely N-dealkylation sites (N-methyl/N-ethyl adjacent to an activating group) is 2. The van der Waals surface area contributed by atoms with Gasteiger partial charge in [0.1, 0.15) is 0 Å². The molecule has 0 spiro atoms. The van der Waals surface area contributed by atoms with E-state index in [0.29, 0.717) is 17.3 Å². The predicted molar refractivity (Wildman–Crippen MR) is 86.0 cm³/mol. The molecule has 1 aromatic carbocycles. The fourth-order valence-electron chi connectivity index (χ4n) is 3.08. The number of nitrogens with one attached hydrogen (secondary N) is 1. The molecule has 1 N–H and O–H groups in total. The first-order valence-electron chi connectivity index (χ1n) is 7.08. The Balaban J connectivity index is 1.91. The summed E-state index contributed by atoms with van der Waals surface area (Å²) in [5.41, 5.74) is 2.06. The molecule has 2 heterocycles. The molecule has 1 unspecified atom stereocenters. The average molecular weight is 352 g/mol. The number of hydrogen-bond donors (Lipinski definition) is 1. The van der Waals surface area contributed by atoms with Crippen LogP contribution in [0.3, 0.4) is 0 Å². The van der Waals surface area contributed by atoms with Crippen molar-refractivity contribution in [2.24, 2.45) is 0 Å². The van der Waals surface area contributed by atoms with E-state index in [-0.39, 0.29) is 0 Å². The van der Waals surface area contributed by atoms with Gasteiger partial charge in [0.05, 0.1) is 16.9 Å². The van der Waals surface area contributed by atoms with Crippen molar-refractivity contribution >= 4 is 39.0 Å². The highest BCUT2D eigenvalue weighted by molar-refractivity contribution is 9.10. The van der Waals surface area contributed by atoms with Gasteiger partial charge in [-0.2, -0.15) is 0 Å². The molecular weight excluding hydrogens is 334 g/mol. The minimum atomic E-state index is -0.547. The number of Topliss-reactive ketones (excluding diaryl/α,β-unsaturated/α-hetero) is 1. The molecular formula is C15H18BrN3O2. The summed E-state index contributed by atoms with van der Waals surface area (Å²) in [7, 11) is 4.20. The summed E-state index contributed by atoms with van der Waals surface area (Å²) in [5.74, 6) is -1.01. The van der Waals surface area contributed by atoms with E-state index in [9.17, 15) is 9.59 Å². The molecule has 0 aromatic heterocycles. The number of hydrogen-bond acceptors (Lipinski definition) is 4. The number of halogens is 1. The van der Waals surface area contributed by atoms with Crippen LogP contribution in [0.1, 0.15) is 23.2 Å². The summed E-state index contributed by atoms with van der Waals surface area (Å²) in [6, 6.07) is 4.07. The number of benzene rings is 1. The van der Waals surface area contributed by atoms with Crippen molar-refractivity contribution in [1.29, 1.82) is 0 Å². The SMILES string of the molecule is CN1CCCC(N(C)c2cc3c(cc2Br)C(=O)C(=O)N3)C1. The van der Waals surface area contributed by atoms with Crippen LogP contribution in [0.4, 0.5) is 11.4 Å². The van der Waals surface area contributed by atoms with E-state index in [1.54, 1.807) is 6.07 Å². The van der Waals surface area contributed by atoms with Gasteiger partial charge in [-0.25, -0.2) is 0 Å². The Kier molecular flexibility index (Phi) is 3.75. The normalized spacial score (nSPS) is 22.1. The number of likely N-dealkylation sites (tertiary alicyclic amines) is 1. The molecule has 112 valence electrons. The van der Waals surface area contributed by atoms with Crippen LogP contribution in [-0.2, 0) is 4.79 Å².